The molecule has 1 amide bonds. The molecule has 1 aliphatic heterocycles. The molecule has 1 fully saturated rings. The largest absolute Gasteiger partial charge is 0.497 e. The Balaban J connectivity index is 1.54. The molecule has 1 aromatic heterocycles. The van der Waals surface area contributed by atoms with Crippen LogP contribution in [0.3, 0.4) is 0 Å². The van der Waals surface area contributed by atoms with Crippen LogP contribution >= 0.6 is 0 Å². The number of carbonyl (C=O) groups is 1. The van der Waals surface area contributed by atoms with E-state index in [1.54, 1.807) is 16.6 Å². The van der Waals surface area contributed by atoms with E-state index < -0.39 is 0 Å². The number of hydrogen-bond acceptors (Lipinski definition) is 5. The number of nitrogens with zero attached hydrogens (tertiary/aromatic N) is 4. The molecule has 29 heavy (non-hydrogen) atoms. The van der Waals surface area contributed by atoms with Gasteiger partial charge in [-0.05, 0) is 43.3 Å². The second kappa shape index (κ2) is 7.95. The maximum Gasteiger partial charge on any atom is 0.282 e. The van der Waals surface area contributed by atoms with Crippen molar-refractivity contribution in [2.45, 2.75) is 13.5 Å². The Kier molecular flexibility index (Phi) is 5.20. The van der Waals surface area contributed by atoms with Gasteiger partial charge in [0, 0.05) is 38.4 Å². The van der Waals surface area contributed by atoms with E-state index >= 15 is 0 Å². The minimum atomic E-state index is -0.325. The van der Waals surface area contributed by atoms with Gasteiger partial charge >= 0.3 is 0 Å². The summed E-state index contributed by atoms with van der Waals surface area (Å²) in [5.41, 5.74) is 2.18. The van der Waals surface area contributed by atoms with Crippen molar-refractivity contribution in [1.82, 2.24) is 14.5 Å². The highest BCUT2D eigenvalue weighted by Gasteiger charge is 2.26. The van der Waals surface area contributed by atoms with Crippen LogP contribution in [0.15, 0.2) is 53.3 Å². The van der Waals surface area contributed by atoms with E-state index in [4.69, 9.17) is 4.74 Å². The molecule has 2 aromatic carbocycles. The molecule has 7 nitrogen and oxygen atoms in total. The summed E-state index contributed by atoms with van der Waals surface area (Å²) in [5, 5.41) is 0. The van der Waals surface area contributed by atoms with Crippen LogP contribution in [0.5, 0.6) is 5.75 Å². The van der Waals surface area contributed by atoms with Crippen molar-refractivity contribution >= 4 is 22.6 Å². The van der Waals surface area contributed by atoms with E-state index in [1.807, 2.05) is 55.5 Å². The zero-order valence-corrected chi connectivity index (χ0v) is 16.7. The minimum Gasteiger partial charge on any atom is -0.497 e. The predicted molar refractivity (Wildman–Crippen MR) is 113 cm³/mol. The van der Waals surface area contributed by atoms with Gasteiger partial charge in [-0.1, -0.05) is 12.1 Å². The number of amides is 1. The minimum absolute atomic E-state index is 0.00319. The van der Waals surface area contributed by atoms with Crippen LogP contribution < -0.4 is 15.2 Å². The van der Waals surface area contributed by atoms with Gasteiger partial charge in [-0.3, -0.25) is 9.59 Å². The molecule has 0 N–H and O–H groups in total. The van der Waals surface area contributed by atoms with Gasteiger partial charge in [0.05, 0.1) is 18.1 Å². The van der Waals surface area contributed by atoms with Crippen molar-refractivity contribution < 1.29 is 9.53 Å². The quantitative estimate of drug-likeness (QED) is 0.682. The lowest BCUT2D eigenvalue weighted by atomic mass is 10.2. The number of carbonyl (C=O) groups excluding carboxylic acids is 1. The average molecular weight is 392 g/mol. The Morgan fingerprint density at radius 2 is 1.72 bits per heavy atom. The van der Waals surface area contributed by atoms with Crippen molar-refractivity contribution in [3.63, 3.8) is 0 Å². The fourth-order valence-electron chi connectivity index (χ4n) is 3.76. The number of para-hydroxylation sites is 2. The predicted octanol–water partition coefficient (Wildman–Crippen LogP) is 2.39. The highest BCUT2D eigenvalue weighted by Crippen LogP contribution is 2.21. The van der Waals surface area contributed by atoms with Crippen LogP contribution in [0.4, 0.5) is 5.69 Å². The smallest absolute Gasteiger partial charge is 0.282 e. The van der Waals surface area contributed by atoms with Gasteiger partial charge in [0.25, 0.3) is 11.5 Å². The van der Waals surface area contributed by atoms with Crippen LogP contribution in [-0.2, 0) is 6.54 Å². The number of fused-ring (bicyclic) bond motifs is 1. The van der Waals surface area contributed by atoms with Gasteiger partial charge in [0.2, 0.25) is 0 Å². The molecule has 4 rings (SSSR count). The fraction of sp³-hybridized carbons (Fsp3) is 0.318. The Bertz CT molecular complexity index is 1080. The number of benzene rings is 2. The Hall–Kier alpha value is -3.35. The molecule has 0 radical (unpaired) electrons. The van der Waals surface area contributed by atoms with E-state index in [9.17, 15) is 9.59 Å². The lowest BCUT2D eigenvalue weighted by Crippen LogP contribution is -2.50. The molecule has 0 bridgehead atoms. The standard InChI is InChI=1S/C22H24N4O3/c1-3-26-19-7-5-4-6-18(19)23-20(22(26)28)21(27)25-14-12-24(13-15-25)16-8-10-17(29-2)11-9-16/h4-11H,3,12-15H2,1-2H3. The molecular formula is C22H24N4O3. The molecule has 7 heteroatoms. The van der Waals surface area contributed by atoms with E-state index in [0.717, 1.165) is 17.0 Å². The number of methoxy groups -OCH3 is 1. The Labute approximate surface area is 169 Å². The number of rotatable bonds is 4. The second-order valence-corrected chi connectivity index (χ2v) is 6.98. The lowest BCUT2D eigenvalue weighted by Gasteiger charge is -2.36. The second-order valence-electron chi connectivity index (χ2n) is 6.98. The normalized spacial score (nSPS) is 14.3. The Morgan fingerprint density at radius 1 is 1.03 bits per heavy atom. The lowest BCUT2D eigenvalue weighted by molar-refractivity contribution is 0.0738. The maximum absolute atomic E-state index is 13.1. The first-order valence-electron chi connectivity index (χ1n) is 9.80. The number of ether oxygens (including phenoxy) is 1. The third-order valence-electron chi connectivity index (χ3n) is 5.38. The molecule has 2 heterocycles. The fourth-order valence-corrected chi connectivity index (χ4v) is 3.76. The van der Waals surface area contributed by atoms with Gasteiger partial charge in [-0.2, -0.15) is 0 Å². The third-order valence-corrected chi connectivity index (χ3v) is 5.38. The first kappa shape index (κ1) is 19.0. The number of hydrogen-bond donors (Lipinski definition) is 0. The molecular weight excluding hydrogens is 368 g/mol. The zero-order chi connectivity index (χ0) is 20.4. The van der Waals surface area contributed by atoms with E-state index in [1.165, 1.54) is 0 Å². The first-order valence-corrected chi connectivity index (χ1v) is 9.80. The van der Waals surface area contributed by atoms with Crippen molar-refractivity contribution in [3.8, 4) is 5.75 Å². The summed E-state index contributed by atoms with van der Waals surface area (Å²) < 4.78 is 6.82. The molecule has 0 unspecified atom stereocenters. The van der Waals surface area contributed by atoms with Gasteiger partial charge < -0.3 is 19.1 Å². The van der Waals surface area contributed by atoms with Crippen LogP contribution in [-0.4, -0.2) is 53.6 Å². The van der Waals surface area contributed by atoms with Crippen LogP contribution in [0.2, 0.25) is 0 Å². The maximum atomic E-state index is 13.1. The molecule has 1 saturated heterocycles. The summed E-state index contributed by atoms with van der Waals surface area (Å²) >= 11 is 0. The van der Waals surface area contributed by atoms with Crippen LogP contribution in [0.1, 0.15) is 17.4 Å². The average Bonchev–Trinajstić information content (AvgIpc) is 2.78. The number of aromatic nitrogens is 2. The van der Waals surface area contributed by atoms with Crippen molar-refractivity contribution in [1.29, 1.82) is 0 Å². The summed E-state index contributed by atoms with van der Waals surface area (Å²) in [6.45, 7) is 4.89. The monoisotopic (exact) mass is 392 g/mol. The molecule has 0 atom stereocenters. The summed E-state index contributed by atoms with van der Waals surface area (Å²) in [4.78, 5) is 34.3. The summed E-state index contributed by atoms with van der Waals surface area (Å²) in [6.07, 6.45) is 0. The van der Waals surface area contributed by atoms with E-state index in [0.29, 0.717) is 38.2 Å². The number of aryl methyl sites for hydroxylation is 1. The number of piperazine rings is 1. The van der Waals surface area contributed by atoms with E-state index in [2.05, 4.69) is 9.88 Å². The van der Waals surface area contributed by atoms with Gasteiger partial charge in [0.1, 0.15) is 5.75 Å². The van der Waals surface area contributed by atoms with Crippen LogP contribution in [0, 0.1) is 0 Å². The topological polar surface area (TPSA) is 67.7 Å². The van der Waals surface area contributed by atoms with E-state index in [-0.39, 0.29) is 17.2 Å². The molecule has 3 aromatic rings. The zero-order valence-electron chi connectivity index (χ0n) is 16.7. The van der Waals surface area contributed by atoms with Crippen molar-refractivity contribution in [2.24, 2.45) is 0 Å². The molecule has 150 valence electrons. The van der Waals surface area contributed by atoms with Crippen molar-refractivity contribution in [3.05, 3.63) is 64.6 Å². The molecule has 0 saturated carbocycles. The summed E-state index contributed by atoms with van der Waals surface area (Å²) in [6, 6.07) is 15.3. The molecule has 1 aliphatic rings. The highest BCUT2D eigenvalue weighted by molar-refractivity contribution is 5.94. The van der Waals surface area contributed by atoms with Gasteiger partial charge in [0.15, 0.2) is 5.69 Å². The third kappa shape index (κ3) is 3.55. The van der Waals surface area contributed by atoms with Gasteiger partial charge in [-0.15, -0.1) is 0 Å². The van der Waals surface area contributed by atoms with Gasteiger partial charge in [-0.25, -0.2) is 4.98 Å². The molecule has 0 aliphatic carbocycles. The van der Waals surface area contributed by atoms with Crippen molar-refractivity contribution in [2.75, 3.05) is 38.2 Å². The SMILES string of the molecule is CCn1c(=O)c(C(=O)N2CCN(c3ccc(OC)cc3)CC2)nc2ccccc21. The van der Waals surface area contributed by atoms with Crippen LogP contribution in [0.25, 0.3) is 11.0 Å². The summed E-state index contributed by atoms with van der Waals surface area (Å²) in [5.74, 6) is 0.523. The summed E-state index contributed by atoms with van der Waals surface area (Å²) in [7, 11) is 1.65. The number of anilines is 1. The highest BCUT2D eigenvalue weighted by atomic mass is 16.5. The Morgan fingerprint density at radius 3 is 2.38 bits per heavy atom. The molecule has 0 spiro atoms. The first-order chi connectivity index (χ1) is 14.1.